The maximum atomic E-state index is 12.4. The number of nitrogens with two attached hydrogens (primary N) is 1. The molecule has 0 amide bonds. The van der Waals surface area contributed by atoms with Gasteiger partial charge in [-0.2, -0.15) is 4.31 Å². The standard InChI is InChI=1S/C13H16N2O2S/c1-2-8-15(10-11-6-7-11)18(16,17)13-5-3-4-12(14)9-13/h1,3-5,9,11H,6-8,10,14H2. The number of terminal acetylenes is 1. The number of rotatable bonds is 5. The van der Waals surface area contributed by atoms with Gasteiger partial charge in [0.1, 0.15) is 0 Å². The van der Waals surface area contributed by atoms with E-state index in [1.54, 1.807) is 18.2 Å². The minimum Gasteiger partial charge on any atom is -0.399 e. The summed E-state index contributed by atoms with van der Waals surface area (Å²) in [4.78, 5) is 0.207. The lowest BCUT2D eigenvalue weighted by molar-refractivity contribution is 0.430. The average molecular weight is 264 g/mol. The van der Waals surface area contributed by atoms with E-state index in [1.807, 2.05) is 0 Å². The number of nitrogen functional groups attached to an aromatic ring is 1. The number of hydrogen-bond donors (Lipinski definition) is 1. The summed E-state index contributed by atoms with van der Waals surface area (Å²) in [7, 11) is -3.53. The van der Waals surface area contributed by atoms with Crippen LogP contribution in [-0.2, 0) is 10.0 Å². The molecule has 1 aromatic rings. The topological polar surface area (TPSA) is 63.4 Å². The third kappa shape index (κ3) is 2.84. The molecule has 4 nitrogen and oxygen atoms in total. The minimum absolute atomic E-state index is 0.105. The molecule has 1 fully saturated rings. The number of anilines is 1. The maximum Gasteiger partial charge on any atom is 0.244 e. The van der Waals surface area contributed by atoms with Crippen molar-refractivity contribution in [3.63, 3.8) is 0 Å². The molecule has 0 bridgehead atoms. The fraction of sp³-hybridized carbons (Fsp3) is 0.385. The lowest BCUT2D eigenvalue weighted by Gasteiger charge is -2.19. The number of benzene rings is 1. The lowest BCUT2D eigenvalue weighted by Crippen LogP contribution is -2.33. The first-order valence-corrected chi connectivity index (χ1v) is 7.27. The van der Waals surface area contributed by atoms with Crippen LogP contribution in [-0.4, -0.2) is 25.8 Å². The summed E-state index contributed by atoms with van der Waals surface area (Å²) >= 11 is 0. The molecule has 18 heavy (non-hydrogen) atoms. The third-order valence-electron chi connectivity index (χ3n) is 2.92. The van der Waals surface area contributed by atoms with Crippen molar-refractivity contribution in [3.8, 4) is 12.3 Å². The quantitative estimate of drug-likeness (QED) is 0.644. The average Bonchev–Trinajstić information content (AvgIpc) is 3.12. The van der Waals surface area contributed by atoms with E-state index >= 15 is 0 Å². The molecular formula is C13H16N2O2S. The van der Waals surface area contributed by atoms with Gasteiger partial charge in [-0.25, -0.2) is 8.42 Å². The van der Waals surface area contributed by atoms with E-state index in [-0.39, 0.29) is 11.4 Å². The van der Waals surface area contributed by atoms with E-state index in [1.165, 1.54) is 10.4 Å². The highest BCUT2D eigenvalue weighted by Crippen LogP contribution is 2.31. The van der Waals surface area contributed by atoms with Crippen LogP contribution in [0.2, 0.25) is 0 Å². The highest BCUT2D eigenvalue weighted by atomic mass is 32.2. The number of hydrogen-bond acceptors (Lipinski definition) is 3. The SMILES string of the molecule is C#CCN(CC1CC1)S(=O)(=O)c1cccc(N)c1. The zero-order valence-electron chi connectivity index (χ0n) is 10.0. The van der Waals surface area contributed by atoms with Crippen LogP contribution in [0.1, 0.15) is 12.8 Å². The lowest BCUT2D eigenvalue weighted by atomic mass is 10.3. The van der Waals surface area contributed by atoms with E-state index in [0.717, 1.165) is 12.8 Å². The van der Waals surface area contributed by atoms with Crippen molar-refractivity contribution < 1.29 is 8.42 Å². The number of sulfonamides is 1. The Labute approximate surface area is 108 Å². The number of nitrogens with zero attached hydrogens (tertiary/aromatic N) is 1. The molecule has 2 rings (SSSR count). The smallest absolute Gasteiger partial charge is 0.244 e. The summed E-state index contributed by atoms with van der Waals surface area (Å²) in [6.07, 6.45) is 7.40. The maximum absolute atomic E-state index is 12.4. The normalized spacial score (nSPS) is 15.6. The van der Waals surface area contributed by atoms with Crippen LogP contribution in [0.25, 0.3) is 0 Å². The molecular weight excluding hydrogens is 248 g/mol. The molecule has 5 heteroatoms. The van der Waals surface area contributed by atoms with Crippen LogP contribution in [0.4, 0.5) is 5.69 Å². The molecule has 96 valence electrons. The Morgan fingerprint density at radius 3 is 2.72 bits per heavy atom. The summed E-state index contributed by atoms with van der Waals surface area (Å²) in [5.41, 5.74) is 6.05. The second kappa shape index (κ2) is 5.01. The molecule has 1 aliphatic rings. The van der Waals surface area contributed by atoms with Crippen LogP contribution >= 0.6 is 0 Å². The van der Waals surface area contributed by atoms with Gasteiger partial charge in [-0.1, -0.05) is 12.0 Å². The zero-order chi connectivity index (χ0) is 13.2. The Morgan fingerprint density at radius 1 is 1.44 bits per heavy atom. The molecule has 0 atom stereocenters. The van der Waals surface area contributed by atoms with Crippen molar-refractivity contribution in [1.82, 2.24) is 4.31 Å². The predicted molar refractivity (Wildman–Crippen MR) is 71.2 cm³/mol. The van der Waals surface area contributed by atoms with Crippen molar-refractivity contribution in [2.75, 3.05) is 18.8 Å². The Bertz CT molecular complexity index is 571. The fourth-order valence-corrected chi connectivity index (χ4v) is 3.25. The van der Waals surface area contributed by atoms with E-state index in [9.17, 15) is 8.42 Å². The third-order valence-corrected chi connectivity index (χ3v) is 4.73. The highest BCUT2D eigenvalue weighted by Gasteiger charge is 2.31. The van der Waals surface area contributed by atoms with E-state index < -0.39 is 10.0 Å². The van der Waals surface area contributed by atoms with Crippen molar-refractivity contribution in [2.45, 2.75) is 17.7 Å². The monoisotopic (exact) mass is 264 g/mol. The minimum atomic E-state index is -3.53. The van der Waals surface area contributed by atoms with Gasteiger partial charge in [-0.3, -0.25) is 0 Å². The molecule has 0 aromatic heterocycles. The summed E-state index contributed by atoms with van der Waals surface area (Å²) in [5.74, 6) is 2.86. The van der Waals surface area contributed by atoms with Gasteiger partial charge in [0.05, 0.1) is 11.4 Å². The molecule has 1 saturated carbocycles. The molecule has 0 unspecified atom stereocenters. The van der Waals surface area contributed by atoms with Gasteiger partial charge in [-0.15, -0.1) is 6.42 Å². The van der Waals surface area contributed by atoms with Crippen molar-refractivity contribution in [3.05, 3.63) is 24.3 Å². The Morgan fingerprint density at radius 2 is 2.17 bits per heavy atom. The van der Waals surface area contributed by atoms with Crippen molar-refractivity contribution in [1.29, 1.82) is 0 Å². The van der Waals surface area contributed by atoms with Crippen LogP contribution in [0.3, 0.4) is 0 Å². The van der Waals surface area contributed by atoms with Gasteiger partial charge in [0, 0.05) is 12.2 Å². The van der Waals surface area contributed by atoms with Crippen LogP contribution in [0.15, 0.2) is 29.2 Å². The van der Waals surface area contributed by atoms with Crippen molar-refractivity contribution >= 4 is 15.7 Å². The predicted octanol–water partition coefficient (Wildman–Crippen LogP) is 1.30. The first kappa shape index (κ1) is 12.9. The van der Waals surface area contributed by atoms with E-state index in [0.29, 0.717) is 18.2 Å². The first-order valence-electron chi connectivity index (χ1n) is 5.83. The first-order chi connectivity index (χ1) is 8.54. The van der Waals surface area contributed by atoms with Crippen LogP contribution in [0, 0.1) is 18.3 Å². The fourth-order valence-electron chi connectivity index (χ4n) is 1.76. The molecule has 0 saturated heterocycles. The molecule has 1 aromatic carbocycles. The van der Waals surface area contributed by atoms with Gasteiger partial charge in [0.15, 0.2) is 0 Å². The largest absolute Gasteiger partial charge is 0.399 e. The second-order valence-electron chi connectivity index (χ2n) is 4.52. The van der Waals surface area contributed by atoms with Gasteiger partial charge >= 0.3 is 0 Å². The van der Waals surface area contributed by atoms with Gasteiger partial charge in [-0.05, 0) is 37.0 Å². The Balaban J connectivity index is 2.29. The molecule has 0 radical (unpaired) electrons. The second-order valence-corrected chi connectivity index (χ2v) is 6.46. The van der Waals surface area contributed by atoms with E-state index in [2.05, 4.69) is 5.92 Å². The zero-order valence-corrected chi connectivity index (χ0v) is 10.9. The van der Waals surface area contributed by atoms with Crippen LogP contribution in [0.5, 0.6) is 0 Å². The Hall–Kier alpha value is -1.51. The Kier molecular flexibility index (Phi) is 3.60. The van der Waals surface area contributed by atoms with Crippen molar-refractivity contribution in [2.24, 2.45) is 5.92 Å². The van der Waals surface area contributed by atoms with Gasteiger partial charge in [0.25, 0.3) is 0 Å². The van der Waals surface area contributed by atoms with Gasteiger partial charge < -0.3 is 5.73 Å². The molecule has 0 aliphatic heterocycles. The summed E-state index contributed by atoms with van der Waals surface area (Å²) in [6, 6.07) is 6.30. The van der Waals surface area contributed by atoms with Gasteiger partial charge in [0.2, 0.25) is 10.0 Å². The molecule has 0 spiro atoms. The highest BCUT2D eigenvalue weighted by molar-refractivity contribution is 7.89. The van der Waals surface area contributed by atoms with E-state index in [4.69, 9.17) is 12.2 Å². The molecule has 1 aliphatic carbocycles. The summed E-state index contributed by atoms with van der Waals surface area (Å²) in [5, 5.41) is 0. The molecule has 0 heterocycles. The summed E-state index contributed by atoms with van der Waals surface area (Å²) < 4.78 is 26.2. The van der Waals surface area contributed by atoms with Crippen LogP contribution < -0.4 is 5.73 Å². The summed E-state index contributed by atoms with van der Waals surface area (Å²) in [6.45, 7) is 0.606. The molecule has 2 N–H and O–H groups in total.